The molecule has 0 saturated heterocycles. The Labute approximate surface area is 210 Å². The summed E-state index contributed by atoms with van der Waals surface area (Å²) in [5.41, 5.74) is 5.60. The number of H-pyrrole nitrogens is 1. The number of nitrogens with one attached hydrogen (secondary N) is 3. The van der Waals surface area contributed by atoms with Gasteiger partial charge < -0.3 is 15.7 Å². The SMILES string of the molecule is O=C(Nc1cccc(Nc2ccc3c(/C=C/c4ccccc4)n[nH]c3c2)c1)C1C[C@H]2C[C@@H]1CCC2O. The molecule has 2 saturated carbocycles. The molecule has 0 radical (unpaired) electrons. The zero-order chi connectivity index (χ0) is 24.5. The van der Waals surface area contributed by atoms with Crippen LogP contribution in [-0.4, -0.2) is 27.3 Å². The molecule has 6 rings (SSSR count). The highest BCUT2D eigenvalue weighted by Gasteiger charge is 2.44. The number of fused-ring (bicyclic) bond motifs is 3. The van der Waals surface area contributed by atoms with Crippen LogP contribution in [0, 0.1) is 17.8 Å². The zero-order valence-corrected chi connectivity index (χ0v) is 20.0. The standard InChI is InChI=1S/C30H30N4O2/c35-29-14-10-20-15-21(29)16-26(20)30(36)32-23-8-4-7-22(17-23)31-24-11-12-25-27(33-34-28(25)18-24)13-9-19-5-2-1-3-6-19/h1-9,11-13,17-18,20-21,26,29,31,35H,10,14-16H2,(H,32,36)(H,33,34)/b13-9+/t20-,21+,26?,29?/m0/s1. The molecule has 2 aliphatic carbocycles. The maximum Gasteiger partial charge on any atom is 0.227 e. The lowest BCUT2D eigenvalue weighted by atomic mass is 9.85. The van der Waals surface area contributed by atoms with Gasteiger partial charge in [-0.15, -0.1) is 0 Å². The van der Waals surface area contributed by atoms with E-state index in [1.807, 2.05) is 60.7 Å². The highest BCUT2D eigenvalue weighted by atomic mass is 16.3. The number of carbonyl (C=O) groups excluding carboxylic acids is 1. The summed E-state index contributed by atoms with van der Waals surface area (Å²) in [7, 11) is 0. The average Bonchev–Trinajstić information content (AvgIpc) is 3.47. The van der Waals surface area contributed by atoms with Gasteiger partial charge in [-0.2, -0.15) is 5.10 Å². The van der Waals surface area contributed by atoms with Crippen molar-refractivity contribution < 1.29 is 9.90 Å². The number of aliphatic hydroxyl groups excluding tert-OH is 1. The summed E-state index contributed by atoms with van der Waals surface area (Å²) in [4.78, 5) is 13.0. The van der Waals surface area contributed by atoms with Gasteiger partial charge in [-0.1, -0.05) is 42.5 Å². The van der Waals surface area contributed by atoms with Gasteiger partial charge in [-0.3, -0.25) is 9.89 Å². The fourth-order valence-corrected chi connectivity index (χ4v) is 5.80. The molecule has 4 N–H and O–H groups in total. The molecule has 0 aliphatic heterocycles. The molecule has 1 heterocycles. The van der Waals surface area contributed by atoms with E-state index in [4.69, 9.17) is 0 Å². The van der Waals surface area contributed by atoms with Gasteiger partial charge in [-0.25, -0.2) is 0 Å². The monoisotopic (exact) mass is 478 g/mol. The second-order valence-electron chi connectivity index (χ2n) is 10.1. The largest absolute Gasteiger partial charge is 0.393 e. The first-order valence-electron chi connectivity index (χ1n) is 12.7. The summed E-state index contributed by atoms with van der Waals surface area (Å²) in [5.74, 6) is 0.743. The summed E-state index contributed by atoms with van der Waals surface area (Å²) >= 11 is 0. The number of nitrogens with zero attached hydrogens (tertiary/aromatic N) is 1. The third-order valence-electron chi connectivity index (χ3n) is 7.69. The van der Waals surface area contributed by atoms with E-state index in [0.717, 1.165) is 64.9 Å². The van der Waals surface area contributed by atoms with Crippen LogP contribution in [0.5, 0.6) is 0 Å². The molecular formula is C30H30N4O2. The number of anilines is 3. The van der Waals surface area contributed by atoms with Crippen molar-refractivity contribution in [3.05, 3.63) is 84.1 Å². The first-order valence-corrected chi connectivity index (χ1v) is 12.7. The van der Waals surface area contributed by atoms with Crippen LogP contribution in [0.25, 0.3) is 23.1 Å². The molecule has 2 aliphatic rings. The van der Waals surface area contributed by atoms with Crippen molar-refractivity contribution in [1.29, 1.82) is 0 Å². The van der Waals surface area contributed by atoms with Gasteiger partial charge in [0, 0.05) is 28.4 Å². The van der Waals surface area contributed by atoms with Gasteiger partial charge in [-0.05, 0) is 85.6 Å². The zero-order valence-electron chi connectivity index (χ0n) is 20.0. The molecule has 3 aromatic carbocycles. The minimum absolute atomic E-state index is 0.00307. The molecule has 182 valence electrons. The number of aromatic nitrogens is 2. The Hall–Kier alpha value is -3.90. The van der Waals surface area contributed by atoms with Crippen LogP contribution in [0.4, 0.5) is 17.1 Å². The second-order valence-corrected chi connectivity index (χ2v) is 10.1. The van der Waals surface area contributed by atoms with Gasteiger partial charge in [0.05, 0.1) is 17.3 Å². The molecule has 1 aromatic heterocycles. The number of aliphatic hydroxyl groups is 1. The third kappa shape index (κ3) is 4.64. The lowest BCUT2D eigenvalue weighted by Gasteiger charge is -2.24. The predicted octanol–water partition coefficient (Wildman–Crippen LogP) is 6.21. The van der Waals surface area contributed by atoms with Crippen molar-refractivity contribution in [3.63, 3.8) is 0 Å². The van der Waals surface area contributed by atoms with E-state index in [1.165, 1.54) is 0 Å². The number of amides is 1. The Morgan fingerprint density at radius 2 is 1.72 bits per heavy atom. The third-order valence-corrected chi connectivity index (χ3v) is 7.69. The van der Waals surface area contributed by atoms with Crippen LogP contribution in [0.1, 0.15) is 36.9 Å². The smallest absolute Gasteiger partial charge is 0.227 e. The van der Waals surface area contributed by atoms with Crippen LogP contribution >= 0.6 is 0 Å². The quantitative estimate of drug-likeness (QED) is 0.265. The van der Waals surface area contributed by atoms with Gasteiger partial charge in [0.25, 0.3) is 0 Å². The number of aromatic amines is 1. The van der Waals surface area contributed by atoms with E-state index in [1.54, 1.807) is 0 Å². The van der Waals surface area contributed by atoms with Gasteiger partial charge in [0.1, 0.15) is 0 Å². The Balaban J connectivity index is 1.13. The number of carbonyl (C=O) groups is 1. The van der Waals surface area contributed by atoms with Crippen molar-refractivity contribution in [2.24, 2.45) is 17.8 Å². The van der Waals surface area contributed by atoms with Crippen molar-refractivity contribution in [1.82, 2.24) is 10.2 Å². The summed E-state index contributed by atoms with van der Waals surface area (Å²) in [6.45, 7) is 0. The molecule has 6 nitrogen and oxygen atoms in total. The van der Waals surface area contributed by atoms with E-state index in [2.05, 4.69) is 45.1 Å². The molecule has 36 heavy (non-hydrogen) atoms. The van der Waals surface area contributed by atoms with Gasteiger partial charge in [0.15, 0.2) is 0 Å². The van der Waals surface area contributed by atoms with Crippen LogP contribution in [0.3, 0.4) is 0 Å². The van der Waals surface area contributed by atoms with Crippen LogP contribution in [-0.2, 0) is 4.79 Å². The molecule has 1 amide bonds. The highest BCUT2D eigenvalue weighted by molar-refractivity contribution is 5.94. The first-order chi connectivity index (χ1) is 17.6. The molecule has 0 spiro atoms. The summed E-state index contributed by atoms with van der Waals surface area (Å²) in [6.07, 6.45) is 7.37. The van der Waals surface area contributed by atoms with E-state index in [0.29, 0.717) is 5.92 Å². The molecule has 2 bridgehead atoms. The summed E-state index contributed by atoms with van der Waals surface area (Å²) < 4.78 is 0. The van der Waals surface area contributed by atoms with Crippen molar-refractivity contribution in [2.75, 3.05) is 10.6 Å². The fraction of sp³-hybridized carbons (Fsp3) is 0.267. The number of rotatable bonds is 6. The first kappa shape index (κ1) is 22.6. The van der Waals surface area contributed by atoms with Crippen molar-refractivity contribution in [3.8, 4) is 0 Å². The van der Waals surface area contributed by atoms with Crippen LogP contribution in [0.2, 0.25) is 0 Å². The minimum atomic E-state index is -0.241. The van der Waals surface area contributed by atoms with Crippen molar-refractivity contribution in [2.45, 2.75) is 31.8 Å². The number of hydrogen-bond acceptors (Lipinski definition) is 4. The maximum atomic E-state index is 13.0. The minimum Gasteiger partial charge on any atom is -0.393 e. The Morgan fingerprint density at radius 3 is 2.58 bits per heavy atom. The van der Waals surface area contributed by atoms with Crippen LogP contribution < -0.4 is 10.6 Å². The summed E-state index contributed by atoms with van der Waals surface area (Å²) in [6, 6.07) is 24.1. The normalized spacial score (nSPS) is 23.2. The molecule has 4 aromatic rings. The Kier molecular flexibility index (Phi) is 6.03. The summed E-state index contributed by atoms with van der Waals surface area (Å²) in [5, 5.41) is 25.4. The topological polar surface area (TPSA) is 90.0 Å². The van der Waals surface area contributed by atoms with E-state index >= 15 is 0 Å². The van der Waals surface area contributed by atoms with Crippen molar-refractivity contribution >= 4 is 46.0 Å². The predicted molar refractivity (Wildman–Crippen MR) is 145 cm³/mol. The number of benzene rings is 3. The number of hydrogen-bond donors (Lipinski definition) is 4. The van der Waals surface area contributed by atoms with E-state index < -0.39 is 0 Å². The molecule has 2 unspecified atom stereocenters. The lowest BCUT2D eigenvalue weighted by Crippen LogP contribution is -2.26. The molecule has 6 heteroatoms. The second kappa shape index (κ2) is 9.63. The highest BCUT2D eigenvalue weighted by Crippen LogP contribution is 2.46. The average molecular weight is 479 g/mol. The molecule has 2 fully saturated rings. The molecular weight excluding hydrogens is 448 g/mol. The van der Waals surface area contributed by atoms with E-state index in [-0.39, 0.29) is 23.8 Å². The Bertz CT molecular complexity index is 1410. The fourth-order valence-electron chi connectivity index (χ4n) is 5.80. The maximum absolute atomic E-state index is 13.0. The van der Waals surface area contributed by atoms with Gasteiger partial charge >= 0.3 is 0 Å². The van der Waals surface area contributed by atoms with Crippen LogP contribution in [0.15, 0.2) is 72.8 Å². The van der Waals surface area contributed by atoms with Gasteiger partial charge in [0.2, 0.25) is 5.91 Å². The van der Waals surface area contributed by atoms with E-state index in [9.17, 15) is 9.90 Å². The molecule has 4 atom stereocenters. The Morgan fingerprint density at radius 1 is 0.889 bits per heavy atom. The lowest BCUT2D eigenvalue weighted by molar-refractivity contribution is -0.120.